The first kappa shape index (κ1) is 21.0. The van der Waals surface area contributed by atoms with E-state index < -0.39 is 5.91 Å². The zero-order valence-corrected chi connectivity index (χ0v) is 17.9. The lowest BCUT2D eigenvalue weighted by Gasteiger charge is -2.17. The smallest absolute Gasteiger partial charge is 0.251 e. The number of halogens is 1. The molecule has 0 fully saturated rings. The van der Waals surface area contributed by atoms with Crippen molar-refractivity contribution in [2.75, 3.05) is 34.9 Å². The van der Waals surface area contributed by atoms with E-state index in [4.69, 9.17) is 14.2 Å². The summed E-state index contributed by atoms with van der Waals surface area (Å²) in [5, 5.41) is 4.58. The summed E-state index contributed by atoms with van der Waals surface area (Å²) in [5.74, 6) is 0.534. The summed E-state index contributed by atoms with van der Waals surface area (Å²) in [6.07, 6.45) is 0. The average molecular weight is 457 g/mol. The molecule has 0 bridgehead atoms. The van der Waals surface area contributed by atoms with E-state index in [1.165, 1.54) is 33.5 Å². The fourth-order valence-corrected chi connectivity index (χ4v) is 3.87. The summed E-state index contributed by atoms with van der Waals surface area (Å²) < 4.78 is 16.7. The van der Waals surface area contributed by atoms with Gasteiger partial charge in [-0.2, -0.15) is 0 Å². The lowest BCUT2D eigenvalue weighted by atomic mass is 10.1. The molecule has 0 aliphatic carbocycles. The number of methoxy groups -OCH3 is 3. The number of carbonyl (C=O) groups is 2. The van der Waals surface area contributed by atoms with E-state index in [2.05, 4.69) is 21.2 Å². The van der Waals surface area contributed by atoms with Gasteiger partial charge in [0.25, 0.3) is 5.91 Å². The minimum atomic E-state index is -0.408. The van der Waals surface area contributed by atoms with Crippen LogP contribution in [0.5, 0.6) is 17.2 Å². The molecule has 0 spiro atoms. The fourth-order valence-electron chi connectivity index (χ4n) is 2.36. The van der Waals surface area contributed by atoms with Crippen molar-refractivity contribution < 1.29 is 23.8 Å². The summed E-state index contributed by atoms with van der Waals surface area (Å²) >= 11 is 4.95. The average Bonchev–Trinajstić information content (AvgIpc) is 3.08. The first-order chi connectivity index (χ1) is 12.9. The minimum Gasteiger partial charge on any atom is -0.493 e. The van der Waals surface area contributed by atoms with Crippen molar-refractivity contribution in [2.24, 2.45) is 0 Å². The monoisotopic (exact) mass is 456 g/mol. The predicted molar refractivity (Wildman–Crippen MR) is 107 cm³/mol. The van der Waals surface area contributed by atoms with E-state index in [1.807, 2.05) is 11.4 Å². The van der Waals surface area contributed by atoms with Crippen LogP contribution in [0.4, 0.5) is 0 Å². The third-order valence-corrected chi connectivity index (χ3v) is 5.45. The van der Waals surface area contributed by atoms with Gasteiger partial charge in [0.15, 0.2) is 11.5 Å². The number of carbonyl (C=O) groups excluding carboxylic acids is 2. The molecular formula is C18H21BrN2O5S. The van der Waals surface area contributed by atoms with Crippen LogP contribution in [0.1, 0.15) is 15.2 Å². The quantitative estimate of drug-likeness (QED) is 0.660. The van der Waals surface area contributed by atoms with Crippen LogP contribution in [0.2, 0.25) is 0 Å². The Hall–Kier alpha value is -2.26. The van der Waals surface area contributed by atoms with Crippen molar-refractivity contribution in [3.05, 3.63) is 38.5 Å². The number of nitrogens with zero attached hydrogens (tertiary/aromatic N) is 1. The SMILES string of the molecule is COc1cc(C(=O)NCC(=O)N(C)Cc2cc(Br)cs2)cc(OC)c1OC. The maximum absolute atomic E-state index is 12.4. The second kappa shape index (κ2) is 9.61. The molecular weight excluding hydrogens is 436 g/mol. The van der Waals surface area contributed by atoms with Gasteiger partial charge in [-0.3, -0.25) is 9.59 Å². The van der Waals surface area contributed by atoms with Gasteiger partial charge in [-0.05, 0) is 34.1 Å². The van der Waals surface area contributed by atoms with Gasteiger partial charge in [0.2, 0.25) is 11.7 Å². The Balaban J connectivity index is 2.01. The van der Waals surface area contributed by atoms with Crippen molar-refractivity contribution in [2.45, 2.75) is 6.54 Å². The number of nitrogens with one attached hydrogen (secondary N) is 1. The van der Waals surface area contributed by atoms with Crippen molar-refractivity contribution >= 4 is 39.1 Å². The Morgan fingerprint density at radius 3 is 2.22 bits per heavy atom. The molecule has 0 unspecified atom stereocenters. The molecule has 0 saturated carbocycles. The van der Waals surface area contributed by atoms with Gasteiger partial charge in [0.1, 0.15) is 0 Å². The molecule has 1 aromatic heterocycles. The van der Waals surface area contributed by atoms with Crippen molar-refractivity contribution in [3.8, 4) is 17.2 Å². The summed E-state index contributed by atoms with van der Waals surface area (Å²) in [6, 6.07) is 5.03. The van der Waals surface area contributed by atoms with E-state index in [0.29, 0.717) is 29.4 Å². The van der Waals surface area contributed by atoms with Crippen molar-refractivity contribution in [1.82, 2.24) is 10.2 Å². The van der Waals surface area contributed by atoms with Crippen LogP contribution in [-0.4, -0.2) is 51.6 Å². The van der Waals surface area contributed by atoms with Gasteiger partial charge in [0, 0.05) is 27.3 Å². The van der Waals surface area contributed by atoms with Crippen LogP contribution in [-0.2, 0) is 11.3 Å². The highest BCUT2D eigenvalue weighted by atomic mass is 79.9. The van der Waals surface area contributed by atoms with Crippen molar-refractivity contribution in [1.29, 1.82) is 0 Å². The predicted octanol–water partition coefficient (Wildman–Crippen LogP) is 2.92. The van der Waals surface area contributed by atoms with Crippen LogP contribution in [0.25, 0.3) is 0 Å². The van der Waals surface area contributed by atoms with Gasteiger partial charge < -0.3 is 24.4 Å². The van der Waals surface area contributed by atoms with Gasteiger partial charge in [0.05, 0.1) is 34.4 Å². The molecule has 1 N–H and O–H groups in total. The second-order valence-electron chi connectivity index (χ2n) is 5.58. The lowest BCUT2D eigenvalue weighted by Crippen LogP contribution is -2.37. The third kappa shape index (κ3) is 5.36. The van der Waals surface area contributed by atoms with Gasteiger partial charge >= 0.3 is 0 Å². The summed E-state index contributed by atoms with van der Waals surface area (Å²) in [7, 11) is 6.13. The number of ether oxygens (including phenoxy) is 3. The number of amides is 2. The lowest BCUT2D eigenvalue weighted by molar-refractivity contribution is -0.129. The van der Waals surface area contributed by atoms with Crippen molar-refractivity contribution in [3.63, 3.8) is 0 Å². The fraction of sp³-hybridized carbons (Fsp3) is 0.333. The summed E-state index contributed by atoms with van der Waals surface area (Å²) in [6.45, 7) is 0.369. The number of hydrogen-bond donors (Lipinski definition) is 1. The van der Waals surface area contributed by atoms with Crippen LogP contribution in [0.15, 0.2) is 28.1 Å². The first-order valence-corrected chi connectivity index (χ1v) is 9.62. The van der Waals surface area contributed by atoms with E-state index >= 15 is 0 Å². The highest BCUT2D eigenvalue weighted by Gasteiger charge is 2.18. The zero-order chi connectivity index (χ0) is 20.0. The van der Waals surface area contributed by atoms with E-state index in [0.717, 1.165) is 9.35 Å². The molecule has 2 aromatic rings. The minimum absolute atomic E-state index is 0.113. The Kier molecular flexibility index (Phi) is 7.49. The van der Waals surface area contributed by atoms with E-state index in [9.17, 15) is 9.59 Å². The third-order valence-electron chi connectivity index (χ3n) is 3.77. The standard InChI is InChI=1S/C18H21BrN2O5S/c1-21(9-13-7-12(19)10-27-13)16(22)8-20-18(23)11-5-14(24-2)17(26-4)15(6-11)25-3/h5-7,10H,8-9H2,1-4H3,(H,20,23). The number of benzene rings is 1. The number of thiophene rings is 1. The van der Waals surface area contributed by atoms with Crippen LogP contribution < -0.4 is 19.5 Å². The first-order valence-electron chi connectivity index (χ1n) is 7.94. The summed E-state index contributed by atoms with van der Waals surface area (Å²) in [5.41, 5.74) is 0.308. The molecule has 2 amide bonds. The van der Waals surface area contributed by atoms with Gasteiger partial charge in [-0.1, -0.05) is 0 Å². The highest BCUT2D eigenvalue weighted by Crippen LogP contribution is 2.38. The molecule has 9 heteroatoms. The molecule has 0 saturated heterocycles. The molecule has 0 atom stereocenters. The topological polar surface area (TPSA) is 77.1 Å². The molecule has 27 heavy (non-hydrogen) atoms. The second-order valence-corrected chi connectivity index (χ2v) is 7.49. The summed E-state index contributed by atoms with van der Waals surface area (Å²) in [4.78, 5) is 27.3. The zero-order valence-electron chi connectivity index (χ0n) is 15.5. The normalized spacial score (nSPS) is 10.3. The highest BCUT2D eigenvalue weighted by molar-refractivity contribution is 9.10. The van der Waals surface area contributed by atoms with E-state index in [-0.39, 0.29) is 12.5 Å². The maximum atomic E-state index is 12.4. The maximum Gasteiger partial charge on any atom is 0.251 e. The molecule has 7 nitrogen and oxygen atoms in total. The molecule has 0 aliphatic heterocycles. The molecule has 0 radical (unpaired) electrons. The van der Waals surface area contributed by atoms with Crippen LogP contribution >= 0.6 is 27.3 Å². The number of likely N-dealkylation sites (N-methyl/N-ethyl adjacent to an activating group) is 1. The molecule has 2 rings (SSSR count). The molecule has 1 aromatic carbocycles. The van der Waals surface area contributed by atoms with Crippen LogP contribution in [0, 0.1) is 0 Å². The Morgan fingerprint density at radius 1 is 1.11 bits per heavy atom. The van der Waals surface area contributed by atoms with Gasteiger partial charge in [-0.15, -0.1) is 11.3 Å². The number of hydrogen-bond acceptors (Lipinski definition) is 6. The Morgan fingerprint density at radius 2 is 1.74 bits per heavy atom. The van der Waals surface area contributed by atoms with Crippen LogP contribution in [0.3, 0.4) is 0 Å². The molecule has 0 aliphatic rings. The molecule has 146 valence electrons. The molecule has 1 heterocycles. The van der Waals surface area contributed by atoms with Gasteiger partial charge in [-0.25, -0.2) is 0 Å². The Bertz CT molecular complexity index is 799. The largest absolute Gasteiger partial charge is 0.493 e. The number of rotatable bonds is 8. The Labute approximate surface area is 170 Å². The van der Waals surface area contributed by atoms with E-state index in [1.54, 1.807) is 23.3 Å².